The maximum Gasteiger partial charge on any atom is 0.173 e. The molecule has 2 rings (SSSR count). The lowest BCUT2D eigenvalue weighted by molar-refractivity contribution is 0.102. The van der Waals surface area contributed by atoms with Crippen LogP contribution < -0.4 is 0 Å². The number of aliphatic imine (C=N–C) groups is 1. The molecule has 0 aliphatic carbocycles. The minimum atomic E-state index is 0.141. The van der Waals surface area contributed by atoms with E-state index in [-0.39, 0.29) is 5.78 Å². The first kappa shape index (κ1) is 19.7. The third-order valence-electron chi connectivity index (χ3n) is 3.93. The summed E-state index contributed by atoms with van der Waals surface area (Å²) in [5.74, 6) is 0.562. The van der Waals surface area contributed by atoms with Crippen LogP contribution in [0, 0.1) is 13.8 Å². The Hall–Kier alpha value is -1.59. The van der Waals surface area contributed by atoms with Gasteiger partial charge in [-0.1, -0.05) is 12.1 Å². The Morgan fingerprint density at radius 3 is 2.64 bits per heavy atom. The Bertz CT molecular complexity index is 789. The number of aryl methyl sites for hydroxylation is 2. The van der Waals surface area contributed by atoms with E-state index in [4.69, 9.17) is 0 Å². The Kier molecular flexibility index (Phi) is 7.26. The van der Waals surface area contributed by atoms with Crippen molar-refractivity contribution in [2.24, 2.45) is 4.99 Å². The van der Waals surface area contributed by atoms with Crippen molar-refractivity contribution in [1.29, 1.82) is 0 Å². The van der Waals surface area contributed by atoms with Crippen LogP contribution in [0.15, 0.2) is 50.8 Å². The summed E-state index contributed by atoms with van der Waals surface area (Å²) < 4.78 is 1.02. The zero-order valence-electron chi connectivity index (χ0n) is 15.0. The normalized spacial score (nSPS) is 11.1. The smallest absolute Gasteiger partial charge is 0.173 e. The van der Waals surface area contributed by atoms with Crippen LogP contribution in [-0.2, 0) is 0 Å². The maximum absolute atomic E-state index is 12.6. The van der Waals surface area contributed by atoms with Crippen molar-refractivity contribution in [3.05, 3.63) is 57.6 Å². The van der Waals surface area contributed by atoms with Crippen LogP contribution in [0.5, 0.6) is 0 Å². The molecule has 0 aliphatic rings. The molecule has 0 unspecified atom stereocenters. The first-order valence-electron chi connectivity index (χ1n) is 8.18. The molecular formula is C20H23BrN2OS. The number of nitrogens with zero attached hydrogens (tertiary/aromatic N) is 2. The topological polar surface area (TPSA) is 32.7 Å². The van der Waals surface area contributed by atoms with E-state index in [0.717, 1.165) is 38.3 Å². The van der Waals surface area contributed by atoms with E-state index in [1.54, 1.807) is 11.8 Å². The zero-order chi connectivity index (χ0) is 18.4. The van der Waals surface area contributed by atoms with Gasteiger partial charge in [0.2, 0.25) is 0 Å². The van der Waals surface area contributed by atoms with Gasteiger partial charge in [-0.05, 0) is 72.1 Å². The summed E-state index contributed by atoms with van der Waals surface area (Å²) >= 11 is 5.07. The number of benzene rings is 2. The number of thioether (sulfide) groups is 1. The highest BCUT2D eigenvalue weighted by atomic mass is 79.9. The molecular weight excluding hydrogens is 396 g/mol. The standard InChI is InChI=1S/C20H23BrN2OS/c1-5-23(4)13-22-18-11-14(2)16(10-15(18)3)19(24)12-25-20-9-7-6-8-17(20)21/h6-11,13H,5,12H2,1-4H3/b22-13-. The second-order valence-electron chi connectivity index (χ2n) is 5.91. The van der Waals surface area contributed by atoms with Crippen LogP contribution in [0.2, 0.25) is 0 Å². The van der Waals surface area contributed by atoms with Gasteiger partial charge in [-0.25, -0.2) is 4.99 Å². The minimum absolute atomic E-state index is 0.141. The van der Waals surface area contributed by atoms with Gasteiger partial charge in [0.15, 0.2) is 5.78 Å². The fraction of sp³-hybridized carbons (Fsp3) is 0.300. The average Bonchev–Trinajstić information content (AvgIpc) is 2.60. The predicted molar refractivity (Wildman–Crippen MR) is 112 cm³/mol. The van der Waals surface area contributed by atoms with Crippen molar-refractivity contribution >= 4 is 45.5 Å². The summed E-state index contributed by atoms with van der Waals surface area (Å²) in [6.45, 7) is 6.95. The SMILES string of the molecule is CCN(C)/C=N\c1cc(C)c(C(=O)CSc2ccccc2Br)cc1C. The van der Waals surface area contributed by atoms with Gasteiger partial charge in [0, 0.05) is 28.5 Å². The summed E-state index contributed by atoms with van der Waals surface area (Å²) in [6, 6.07) is 11.9. The van der Waals surface area contributed by atoms with Crippen molar-refractivity contribution in [1.82, 2.24) is 4.90 Å². The van der Waals surface area contributed by atoms with E-state index >= 15 is 0 Å². The number of Topliss-reactive ketones (excluding diaryl/α,β-unsaturated/α-hetero) is 1. The highest BCUT2D eigenvalue weighted by molar-refractivity contribution is 9.10. The van der Waals surface area contributed by atoms with Crippen LogP contribution in [0.25, 0.3) is 0 Å². The fourth-order valence-corrected chi connectivity index (χ4v) is 3.72. The molecule has 0 fully saturated rings. The lowest BCUT2D eigenvalue weighted by atomic mass is 10.0. The average molecular weight is 419 g/mol. The van der Waals surface area contributed by atoms with Crippen molar-refractivity contribution in [3.8, 4) is 0 Å². The van der Waals surface area contributed by atoms with Crippen LogP contribution in [0.1, 0.15) is 28.4 Å². The molecule has 0 aliphatic heterocycles. The lowest BCUT2D eigenvalue weighted by Crippen LogP contribution is -2.14. The molecule has 0 atom stereocenters. The van der Waals surface area contributed by atoms with Gasteiger partial charge in [-0.3, -0.25) is 4.79 Å². The molecule has 0 saturated carbocycles. The van der Waals surface area contributed by atoms with Crippen molar-refractivity contribution in [2.45, 2.75) is 25.7 Å². The highest BCUT2D eigenvalue weighted by Gasteiger charge is 2.13. The van der Waals surface area contributed by atoms with Gasteiger partial charge in [-0.15, -0.1) is 11.8 Å². The molecule has 0 heterocycles. The number of carbonyl (C=O) groups excluding carboxylic acids is 1. The fourth-order valence-electron chi connectivity index (χ4n) is 2.27. The minimum Gasteiger partial charge on any atom is -0.366 e. The Morgan fingerprint density at radius 1 is 1.24 bits per heavy atom. The first-order chi connectivity index (χ1) is 11.9. The first-order valence-corrected chi connectivity index (χ1v) is 9.96. The van der Waals surface area contributed by atoms with E-state index < -0.39 is 0 Å². The predicted octanol–water partition coefficient (Wildman–Crippen LogP) is 5.65. The summed E-state index contributed by atoms with van der Waals surface area (Å²) in [5.41, 5.74) is 3.67. The monoisotopic (exact) mass is 418 g/mol. The van der Waals surface area contributed by atoms with Crippen LogP contribution in [0.4, 0.5) is 5.69 Å². The van der Waals surface area contributed by atoms with E-state index in [1.807, 2.05) is 68.5 Å². The van der Waals surface area contributed by atoms with Gasteiger partial charge in [0.25, 0.3) is 0 Å². The maximum atomic E-state index is 12.6. The number of ketones is 1. The molecule has 0 radical (unpaired) electrons. The molecule has 0 amide bonds. The number of carbonyl (C=O) groups is 1. The lowest BCUT2D eigenvalue weighted by Gasteiger charge is -2.11. The summed E-state index contributed by atoms with van der Waals surface area (Å²) in [7, 11) is 1.99. The molecule has 25 heavy (non-hydrogen) atoms. The van der Waals surface area contributed by atoms with Crippen molar-refractivity contribution in [3.63, 3.8) is 0 Å². The second kappa shape index (κ2) is 9.20. The van der Waals surface area contributed by atoms with Gasteiger partial charge in [-0.2, -0.15) is 0 Å². The quantitative estimate of drug-likeness (QED) is 0.252. The number of halogens is 1. The number of rotatable bonds is 7. The largest absolute Gasteiger partial charge is 0.366 e. The van der Waals surface area contributed by atoms with Crippen molar-refractivity contribution in [2.75, 3.05) is 19.3 Å². The van der Waals surface area contributed by atoms with E-state index in [0.29, 0.717) is 5.75 Å². The summed E-state index contributed by atoms with van der Waals surface area (Å²) in [4.78, 5) is 20.3. The Morgan fingerprint density at radius 2 is 1.96 bits per heavy atom. The molecule has 2 aromatic carbocycles. The van der Waals surface area contributed by atoms with Crippen LogP contribution >= 0.6 is 27.7 Å². The number of hydrogen-bond donors (Lipinski definition) is 0. The molecule has 0 aromatic heterocycles. The molecule has 5 heteroatoms. The summed E-state index contributed by atoms with van der Waals surface area (Å²) in [6.07, 6.45) is 1.83. The van der Waals surface area contributed by atoms with Gasteiger partial charge < -0.3 is 4.90 Å². The summed E-state index contributed by atoms with van der Waals surface area (Å²) in [5, 5.41) is 0. The molecule has 0 N–H and O–H groups in total. The molecule has 132 valence electrons. The molecule has 0 bridgehead atoms. The Labute approximate surface area is 162 Å². The highest BCUT2D eigenvalue weighted by Crippen LogP contribution is 2.29. The van der Waals surface area contributed by atoms with Gasteiger partial charge >= 0.3 is 0 Å². The second-order valence-corrected chi connectivity index (χ2v) is 7.79. The van der Waals surface area contributed by atoms with Crippen LogP contribution in [0.3, 0.4) is 0 Å². The molecule has 2 aromatic rings. The van der Waals surface area contributed by atoms with Gasteiger partial charge in [0.05, 0.1) is 17.8 Å². The molecule has 0 saturated heterocycles. The van der Waals surface area contributed by atoms with E-state index in [2.05, 4.69) is 27.8 Å². The third kappa shape index (κ3) is 5.44. The van der Waals surface area contributed by atoms with E-state index in [1.165, 1.54) is 0 Å². The molecule has 3 nitrogen and oxygen atoms in total. The zero-order valence-corrected chi connectivity index (χ0v) is 17.4. The van der Waals surface area contributed by atoms with Crippen LogP contribution in [-0.4, -0.2) is 36.4 Å². The Balaban J connectivity index is 2.13. The van der Waals surface area contributed by atoms with Crippen molar-refractivity contribution < 1.29 is 4.79 Å². The molecule has 0 spiro atoms. The number of hydrogen-bond acceptors (Lipinski definition) is 3. The van der Waals surface area contributed by atoms with Gasteiger partial charge in [0.1, 0.15) is 0 Å². The van der Waals surface area contributed by atoms with E-state index in [9.17, 15) is 4.79 Å². The third-order valence-corrected chi connectivity index (χ3v) is 5.96.